The first kappa shape index (κ1) is 17.5. The predicted molar refractivity (Wildman–Crippen MR) is 102 cm³/mol. The number of hydrogen-bond acceptors (Lipinski definition) is 2. The Balaban J connectivity index is 1.48. The summed E-state index contributed by atoms with van der Waals surface area (Å²) in [6, 6.07) is 15.7. The van der Waals surface area contributed by atoms with Gasteiger partial charge in [-0.2, -0.15) is 0 Å². The van der Waals surface area contributed by atoms with Crippen molar-refractivity contribution < 1.29 is 4.79 Å². The van der Waals surface area contributed by atoms with Gasteiger partial charge in [0.15, 0.2) is 0 Å². The van der Waals surface area contributed by atoms with Gasteiger partial charge < -0.3 is 5.32 Å². The first-order valence-corrected chi connectivity index (χ1v) is 9.30. The van der Waals surface area contributed by atoms with Gasteiger partial charge in [0.2, 0.25) is 5.91 Å². The van der Waals surface area contributed by atoms with Crippen LogP contribution in [0.2, 0.25) is 5.02 Å². The highest BCUT2D eigenvalue weighted by atomic mass is 79.9. The predicted octanol–water partition coefficient (Wildman–Crippen LogP) is 4.95. The van der Waals surface area contributed by atoms with Crippen LogP contribution in [0.1, 0.15) is 18.4 Å². The monoisotopic (exact) mass is 406 g/mol. The Morgan fingerprint density at radius 1 is 1.08 bits per heavy atom. The van der Waals surface area contributed by atoms with E-state index in [0.717, 1.165) is 42.6 Å². The highest BCUT2D eigenvalue weighted by molar-refractivity contribution is 9.10. The lowest BCUT2D eigenvalue weighted by molar-refractivity contribution is -0.121. The molecule has 1 aliphatic rings. The molecule has 0 unspecified atom stereocenters. The summed E-state index contributed by atoms with van der Waals surface area (Å²) in [6.07, 6.45) is 1.80. The number of nitrogens with zero attached hydrogens (tertiary/aromatic N) is 1. The molecule has 0 bridgehead atoms. The van der Waals surface area contributed by atoms with E-state index in [0.29, 0.717) is 5.02 Å². The van der Waals surface area contributed by atoms with Crippen molar-refractivity contribution in [2.24, 2.45) is 5.92 Å². The third kappa shape index (κ3) is 4.82. The summed E-state index contributed by atoms with van der Waals surface area (Å²) in [5.74, 6) is 0.197. The van der Waals surface area contributed by atoms with Crippen LogP contribution in [0, 0.1) is 5.92 Å². The third-order valence-electron chi connectivity index (χ3n) is 4.39. The van der Waals surface area contributed by atoms with E-state index in [9.17, 15) is 4.79 Å². The number of hydrogen-bond donors (Lipinski definition) is 1. The minimum Gasteiger partial charge on any atom is -0.326 e. The van der Waals surface area contributed by atoms with Crippen LogP contribution in [0.3, 0.4) is 0 Å². The quantitative estimate of drug-likeness (QED) is 0.777. The first-order chi connectivity index (χ1) is 11.6. The van der Waals surface area contributed by atoms with Gasteiger partial charge in [-0.05, 0) is 67.9 Å². The zero-order valence-corrected chi connectivity index (χ0v) is 15.7. The zero-order chi connectivity index (χ0) is 16.9. The van der Waals surface area contributed by atoms with Crippen molar-refractivity contribution in [1.82, 2.24) is 4.90 Å². The minimum atomic E-state index is 0.0850. The molecule has 0 saturated carbocycles. The highest BCUT2D eigenvalue weighted by Gasteiger charge is 2.25. The Labute approximate surface area is 156 Å². The molecule has 2 aromatic rings. The number of piperidine rings is 1. The smallest absolute Gasteiger partial charge is 0.227 e. The molecule has 1 aliphatic heterocycles. The molecule has 24 heavy (non-hydrogen) atoms. The minimum absolute atomic E-state index is 0.0850. The molecule has 1 fully saturated rings. The Kier molecular flexibility index (Phi) is 5.93. The van der Waals surface area contributed by atoms with Crippen molar-refractivity contribution >= 4 is 39.1 Å². The van der Waals surface area contributed by atoms with Crippen LogP contribution in [-0.2, 0) is 11.3 Å². The first-order valence-electron chi connectivity index (χ1n) is 8.13. The lowest BCUT2D eigenvalue weighted by Crippen LogP contribution is -2.37. The molecule has 1 heterocycles. The van der Waals surface area contributed by atoms with Gasteiger partial charge in [-0.25, -0.2) is 0 Å². The van der Waals surface area contributed by atoms with Gasteiger partial charge in [-0.1, -0.05) is 39.7 Å². The molecule has 1 saturated heterocycles. The SMILES string of the molecule is O=C(Nc1ccc(Cl)cc1)C1CCN(Cc2ccc(Br)cc2)CC1. The van der Waals surface area contributed by atoms with Gasteiger partial charge in [-0.15, -0.1) is 0 Å². The second-order valence-corrected chi connectivity index (χ2v) is 7.53. The van der Waals surface area contributed by atoms with E-state index in [2.05, 4.69) is 50.4 Å². The molecule has 126 valence electrons. The molecule has 0 aliphatic carbocycles. The average molecular weight is 408 g/mol. The molecule has 0 aromatic heterocycles. The van der Waals surface area contributed by atoms with E-state index >= 15 is 0 Å². The molecule has 5 heteroatoms. The molecule has 3 nitrogen and oxygen atoms in total. The van der Waals surface area contributed by atoms with Gasteiger partial charge in [0.25, 0.3) is 0 Å². The molecular formula is C19H20BrClN2O. The summed E-state index contributed by atoms with van der Waals surface area (Å²) in [6.45, 7) is 2.85. The topological polar surface area (TPSA) is 32.3 Å². The van der Waals surface area contributed by atoms with Crippen molar-refractivity contribution in [2.45, 2.75) is 19.4 Å². The summed E-state index contributed by atoms with van der Waals surface area (Å²) < 4.78 is 1.10. The van der Waals surface area contributed by atoms with Gasteiger partial charge in [0.1, 0.15) is 0 Å². The van der Waals surface area contributed by atoms with Crippen LogP contribution in [0.25, 0.3) is 0 Å². The standard InChI is InChI=1S/C19H20BrClN2O/c20-16-3-1-14(2-4-16)13-23-11-9-15(10-12-23)19(24)22-18-7-5-17(21)6-8-18/h1-8,15H,9-13H2,(H,22,24). The Bertz CT molecular complexity index is 680. The molecule has 1 N–H and O–H groups in total. The van der Waals surface area contributed by atoms with Crippen LogP contribution < -0.4 is 5.32 Å². The molecule has 0 spiro atoms. The van der Waals surface area contributed by atoms with Gasteiger partial charge in [0, 0.05) is 27.6 Å². The van der Waals surface area contributed by atoms with Crippen molar-refractivity contribution in [3.8, 4) is 0 Å². The van der Waals surface area contributed by atoms with Crippen LogP contribution in [0.15, 0.2) is 53.0 Å². The third-order valence-corrected chi connectivity index (χ3v) is 5.17. The summed E-state index contributed by atoms with van der Waals surface area (Å²) in [5.41, 5.74) is 2.11. The number of nitrogens with one attached hydrogen (secondary N) is 1. The fourth-order valence-corrected chi connectivity index (χ4v) is 3.37. The van der Waals surface area contributed by atoms with Gasteiger partial charge >= 0.3 is 0 Å². The maximum Gasteiger partial charge on any atom is 0.227 e. The van der Waals surface area contributed by atoms with Crippen molar-refractivity contribution in [2.75, 3.05) is 18.4 Å². The number of carbonyl (C=O) groups is 1. The van der Waals surface area contributed by atoms with E-state index in [1.54, 1.807) is 12.1 Å². The Morgan fingerprint density at radius 3 is 2.33 bits per heavy atom. The number of amides is 1. The summed E-state index contributed by atoms with van der Waals surface area (Å²) in [7, 11) is 0. The van der Waals surface area contributed by atoms with E-state index in [4.69, 9.17) is 11.6 Å². The van der Waals surface area contributed by atoms with Gasteiger partial charge in [0.05, 0.1) is 0 Å². The molecule has 0 radical (unpaired) electrons. The highest BCUT2D eigenvalue weighted by Crippen LogP contribution is 2.22. The van der Waals surface area contributed by atoms with E-state index in [1.807, 2.05) is 12.1 Å². The maximum atomic E-state index is 12.4. The Hall–Kier alpha value is -1.36. The van der Waals surface area contributed by atoms with Crippen molar-refractivity contribution in [1.29, 1.82) is 0 Å². The van der Waals surface area contributed by atoms with Crippen LogP contribution >= 0.6 is 27.5 Å². The van der Waals surface area contributed by atoms with E-state index in [1.165, 1.54) is 5.56 Å². The fourth-order valence-electron chi connectivity index (χ4n) is 2.98. The van der Waals surface area contributed by atoms with Crippen LogP contribution in [0.4, 0.5) is 5.69 Å². The number of halogens is 2. The second-order valence-electron chi connectivity index (χ2n) is 6.17. The molecule has 0 atom stereocenters. The number of benzene rings is 2. The average Bonchev–Trinajstić information content (AvgIpc) is 2.59. The number of rotatable bonds is 4. The second kappa shape index (κ2) is 8.15. The molecule has 3 rings (SSSR count). The molecule has 2 aromatic carbocycles. The van der Waals surface area contributed by atoms with Crippen LogP contribution in [0.5, 0.6) is 0 Å². The number of anilines is 1. The normalized spacial score (nSPS) is 16.1. The summed E-state index contributed by atoms with van der Waals surface area (Å²) in [4.78, 5) is 14.8. The van der Waals surface area contributed by atoms with E-state index < -0.39 is 0 Å². The van der Waals surface area contributed by atoms with Gasteiger partial charge in [-0.3, -0.25) is 9.69 Å². The fraction of sp³-hybridized carbons (Fsp3) is 0.316. The zero-order valence-electron chi connectivity index (χ0n) is 13.3. The Morgan fingerprint density at radius 2 is 1.71 bits per heavy atom. The largest absolute Gasteiger partial charge is 0.326 e. The molecule has 1 amide bonds. The van der Waals surface area contributed by atoms with Crippen molar-refractivity contribution in [3.63, 3.8) is 0 Å². The maximum absolute atomic E-state index is 12.4. The van der Waals surface area contributed by atoms with Crippen LogP contribution in [-0.4, -0.2) is 23.9 Å². The summed E-state index contributed by atoms with van der Waals surface area (Å²) >= 11 is 9.33. The number of likely N-dealkylation sites (tertiary alicyclic amines) is 1. The van der Waals surface area contributed by atoms with E-state index in [-0.39, 0.29) is 11.8 Å². The lowest BCUT2D eigenvalue weighted by Gasteiger charge is -2.31. The lowest BCUT2D eigenvalue weighted by atomic mass is 9.95. The number of carbonyl (C=O) groups excluding carboxylic acids is 1. The molecular weight excluding hydrogens is 388 g/mol. The summed E-state index contributed by atoms with van der Waals surface area (Å²) in [5, 5.41) is 3.66. The van der Waals surface area contributed by atoms with Crippen molar-refractivity contribution in [3.05, 3.63) is 63.6 Å².